The highest BCUT2D eigenvalue weighted by molar-refractivity contribution is 9.10. The normalized spacial score (nSPS) is 10.8. The molecule has 0 aliphatic rings. The summed E-state index contributed by atoms with van der Waals surface area (Å²) in [7, 11) is 3.07. The van der Waals surface area contributed by atoms with Gasteiger partial charge in [0.25, 0.3) is 5.91 Å². The number of amides is 1. The number of anilines is 1. The molecule has 6 nitrogen and oxygen atoms in total. The van der Waals surface area contributed by atoms with Gasteiger partial charge in [-0.1, -0.05) is 12.1 Å². The molecule has 0 aliphatic carbocycles. The number of thiazole rings is 1. The third kappa shape index (κ3) is 3.48. The van der Waals surface area contributed by atoms with E-state index in [-0.39, 0.29) is 5.91 Å². The van der Waals surface area contributed by atoms with Crippen LogP contribution in [0.2, 0.25) is 0 Å². The molecule has 1 N–H and O–H groups in total. The summed E-state index contributed by atoms with van der Waals surface area (Å²) in [6.45, 7) is 0. The van der Waals surface area contributed by atoms with E-state index in [2.05, 4.69) is 26.2 Å². The SMILES string of the molecule is COc1cc(Br)c(OC)c(C(=O)Nc2ccc(-c3cn4ccsc4n3)cc2)c1. The van der Waals surface area contributed by atoms with Crippen LogP contribution in [-0.2, 0) is 0 Å². The molecule has 142 valence electrons. The Morgan fingerprint density at radius 3 is 2.64 bits per heavy atom. The molecule has 2 aromatic carbocycles. The topological polar surface area (TPSA) is 64.9 Å². The number of halogens is 1. The molecule has 28 heavy (non-hydrogen) atoms. The predicted octanol–water partition coefficient (Wildman–Crippen LogP) is 5.09. The maximum Gasteiger partial charge on any atom is 0.259 e. The molecule has 4 rings (SSSR count). The second-order valence-corrected chi connectivity index (χ2v) is 7.67. The van der Waals surface area contributed by atoms with Crippen molar-refractivity contribution in [1.29, 1.82) is 0 Å². The summed E-state index contributed by atoms with van der Waals surface area (Å²) in [4.78, 5) is 18.3. The lowest BCUT2D eigenvalue weighted by molar-refractivity contribution is 0.102. The molecule has 0 fully saturated rings. The van der Waals surface area contributed by atoms with Gasteiger partial charge in [0.2, 0.25) is 0 Å². The Morgan fingerprint density at radius 1 is 1.18 bits per heavy atom. The third-order valence-corrected chi connectivity index (χ3v) is 5.59. The Kier molecular flexibility index (Phi) is 5.06. The molecule has 0 radical (unpaired) electrons. The van der Waals surface area contributed by atoms with Crippen LogP contribution in [0.3, 0.4) is 0 Å². The number of rotatable bonds is 5. The Labute approximate surface area is 173 Å². The summed E-state index contributed by atoms with van der Waals surface area (Å²) in [6, 6.07) is 11.0. The van der Waals surface area contributed by atoms with Gasteiger partial charge in [0.15, 0.2) is 4.96 Å². The zero-order valence-electron chi connectivity index (χ0n) is 15.1. The number of nitrogens with one attached hydrogen (secondary N) is 1. The van der Waals surface area contributed by atoms with Crippen molar-refractivity contribution in [3.63, 3.8) is 0 Å². The molecule has 2 heterocycles. The number of carbonyl (C=O) groups is 1. The van der Waals surface area contributed by atoms with E-state index in [0.717, 1.165) is 16.2 Å². The number of methoxy groups -OCH3 is 2. The second kappa shape index (κ2) is 7.65. The first-order valence-corrected chi connectivity index (χ1v) is 10.0. The highest BCUT2D eigenvalue weighted by Gasteiger charge is 2.17. The zero-order valence-corrected chi connectivity index (χ0v) is 17.5. The molecule has 2 aromatic heterocycles. The van der Waals surface area contributed by atoms with Crippen molar-refractivity contribution in [3.8, 4) is 22.8 Å². The highest BCUT2D eigenvalue weighted by Crippen LogP contribution is 2.34. The van der Waals surface area contributed by atoms with Gasteiger partial charge in [0, 0.05) is 29.0 Å². The van der Waals surface area contributed by atoms with Crippen LogP contribution in [0.1, 0.15) is 10.4 Å². The van der Waals surface area contributed by atoms with Crippen molar-refractivity contribution in [2.24, 2.45) is 0 Å². The molecule has 8 heteroatoms. The average molecular weight is 458 g/mol. The van der Waals surface area contributed by atoms with E-state index in [1.807, 2.05) is 46.4 Å². The summed E-state index contributed by atoms with van der Waals surface area (Å²) < 4.78 is 13.2. The van der Waals surface area contributed by atoms with Crippen molar-refractivity contribution in [2.45, 2.75) is 0 Å². The minimum Gasteiger partial charge on any atom is -0.497 e. The van der Waals surface area contributed by atoms with Crippen LogP contribution in [0.5, 0.6) is 11.5 Å². The van der Waals surface area contributed by atoms with Gasteiger partial charge in [0.1, 0.15) is 11.5 Å². The summed E-state index contributed by atoms with van der Waals surface area (Å²) in [5.41, 5.74) is 2.93. The van der Waals surface area contributed by atoms with Crippen LogP contribution in [-0.4, -0.2) is 29.5 Å². The summed E-state index contributed by atoms with van der Waals surface area (Å²) in [5, 5.41) is 4.89. The van der Waals surface area contributed by atoms with Crippen molar-refractivity contribution in [1.82, 2.24) is 9.38 Å². The third-order valence-electron chi connectivity index (χ3n) is 4.23. The van der Waals surface area contributed by atoms with Crippen LogP contribution in [0, 0.1) is 0 Å². The number of nitrogens with zero attached hydrogens (tertiary/aromatic N) is 2. The number of ether oxygens (including phenoxy) is 2. The van der Waals surface area contributed by atoms with Crippen LogP contribution in [0.25, 0.3) is 16.2 Å². The molecule has 0 aliphatic heterocycles. The predicted molar refractivity (Wildman–Crippen MR) is 114 cm³/mol. The first-order valence-electron chi connectivity index (χ1n) is 8.34. The fourth-order valence-corrected chi connectivity index (χ4v) is 4.15. The first kappa shape index (κ1) is 18.5. The fourth-order valence-electron chi connectivity index (χ4n) is 2.85. The van der Waals surface area contributed by atoms with Gasteiger partial charge in [-0.05, 0) is 40.2 Å². The molecule has 0 saturated heterocycles. The van der Waals surface area contributed by atoms with Gasteiger partial charge in [-0.15, -0.1) is 11.3 Å². The molecule has 1 amide bonds. The summed E-state index contributed by atoms with van der Waals surface area (Å²) >= 11 is 4.99. The van der Waals surface area contributed by atoms with E-state index in [0.29, 0.717) is 27.2 Å². The smallest absolute Gasteiger partial charge is 0.259 e. The molecule has 0 bridgehead atoms. The van der Waals surface area contributed by atoms with E-state index >= 15 is 0 Å². The lowest BCUT2D eigenvalue weighted by Gasteiger charge is -2.13. The monoisotopic (exact) mass is 457 g/mol. The Morgan fingerprint density at radius 2 is 1.96 bits per heavy atom. The number of hydrogen-bond donors (Lipinski definition) is 1. The van der Waals surface area contributed by atoms with E-state index in [1.165, 1.54) is 7.11 Å². The van der Waals surface area contributed by atoms with Gasteiger partial charge < -0.3 is 14.8 Å². The largest absolute Gasteiger partial charge is 0.497 e. The van der Waals surface area contributed by atoms with Gasteiger partial charge in [-0.25, -0.2) is 4.98 Å². The Hall–Kier alpha value is -2.84. The Bertz CT molecular complexity index is 1120. The molecule has 0 spiro atoms. The van der Waals surface area contributed by atoms with E-state index in [1.54, 1.807) is 30.6 Å². The quantitative estimate of drug-likeness (QED) is 0.452. The number of benzene rings is 2. The van der Waals surface area contributed by atoms with Crippen LogP contribution in [0.4, 0.5) is 5.69 Å². The fraction of sp³-hybridized carbons (Fsp3) is 0.100. The zero-order chi connectivity index (χ0) is 19.7. The number of fused-ring (bicyclic) bond motifs is 1. The van der Waals surface area contributed by atoms with Crippen molar-refractivity contribution < 1.29 is 14.3 Å². The second-order valence-electron chi connectivity index (χ2n) is 5.94. The molecule has 0 saturated carbocycles. The molecular formula is C20H16BrN3O3S. The van der Waals surface area contributed by atoms with Crippen molar-refractivity contribution >= 4 is 43.8 Å². The number of imidazole rings is 1. The van der Waals surface area contributed by atoms with Crippen LogP contribution < -0.4 is 14.8 Å². The van der Waals surface area contributed by atoms with Crippen LogP contribution >= 0.6 is 27.3 Å². The number of aromatic nitrogens is 2. The average Bonchev–Trinajstić information content (AvgIpc) is 3.30. The highest BCUT2D eigenvalue weighted by atomic mass is 79.9. The maximum absolute atomic E-state index is 12.8. The molecule has 4 aromatic rings. The molecule has 0 atom stereocenters. The minimum absolute atomic E-state index is 0.285. The van der Waals surface area contributed by atoms with E-state index in [9.17, 15) is 4.79 Å². The minimum atomic E-state index is -0.285. The number of carbonyl (C=O) groups excluding carboxylic acids is 1. The Balaban J connectivity index is 1.57. The maximum atomic E-state index is 12.8. The van der Waals surface area contributed by atoms with Gasteiger partial charge in [0.05, 0.1) is 29.9 Å². The van der Waals surface area contributed by atoms with Gasteiger partial charge in [-0.2, -0.15) is 0 Å². The molecular weight excluding hydrogens is 442 g/mol. The lowest BCUT2D eigenvalue weighted by Crippen LogP contribution is -2.13. The lowest BCUT2D eigenvalue weighted by atomic mass is 10.1. The van der Waals surface area contributed by atoms with Crippen molar-refractivity contribution in [2.75, 3.05) is 19.5 Å². The van der Waals surface area contributed by atoms with E-state index in [4.69, 9.17) is 9.47 Å². The number of hydrogen-bond acceptors (Lipinski definition) is 5. The first-order chi connectivity index (χ1) is 13.6. The summed E-state index contributed by atoms with van der Waals surface area (Å²) in [5.74, 6) is 0.729. The standard InChI is InChI=1S/C20H16BrN3O3S/c1-26-14-9-15(18(27-2)16(21)10-14)19(25)22-13-5-3-12(4-6-13)17-11-24-7-8-28-20(24)23-17/h3-11H,1-2H3,(H,22,25). The van der Waals surface area contributed by atoms with Crippen molar-refractivity contribution in [3.05, 3.63) is 64.2 Å². The summed E-state index contributed by atoms with van der Waals surface area (Å²) in [6.07, 6.45) is 3.96. The van der Waals surface area contributed by atoms with Gasteiger partial charge in [-0.3, -0.25) is 9.20 Å². The van der Waals surface area contributed by atoms with Gasteiger partial charge >= 0.3 is 0 Å². The van der Waals surface area contributed by atoms with E-state index < -0.39 is 0 Å². The molecule has 0 unspecified atom stereocenters. The van der Waals surface area contributed by atoms with Crippen LogP contribution in [0.15, 0.2) is 58.6 Å².